The lowest BCUT2D eigenvalue weighted by atomic mass is 9.96. The second kappa shape index (κ2) is 4.30. The van der Waals surface area contributed by atoms with Crippen LogP contribution >= 0.6 is 11.5 Å². The summed E-state index contributed by atoms with van der Waals surface area (Å²) in [5.41, 5.74) is 0.0220. The molecule has 2 rings (SSSR count). The third kappa shape index (κ3) is 2.52. The number of rotatable bonds is 2. The first-order chi connectivity index (χ1) is 7.47. The van der Waals surface area contributed by atoms with E-state index in [2.05, 4.69) is 42.4 Å². The van der Waals surface area contributed by atoms with Crippen LogP contribution in [-0.4, -0.2) is 28.1 Å². The van der Waals surface area contributed by atoms with Gasteiger partial charge in [0.05, 0.1) is 12.1 Å². The van der Waals surface area contributed by atoms with Gasteiger partial charge in [-0.25, -0.2) is 4.98 Å². The van der Waals surface area contributed by atoms with Crippen molar-refractivity contribution in [3.8, 4) is 0 Å². The summed E-state index contributed by atoms with van der Waals surface area (Å²) in [6.07, 6.45) is 1.31. The predicted octanol–water partition coefficient (Wildman–Crippen LogP) is 2.42. The summed E-state index contributed by atoms with van der Waals surface area (Å²) in [6.45, 7) is 9.31. The molecule has 1 N–H and O–H groups in total. The van der Waals surface area contributed by atoms with Crippen LogP contribution in [0.1, 0.15) is 39.9 Å². The van der Waals surface area contributed by atoms with Gasteiger partial charge in [-0.2, -0.15) is 4.37 Å². The van der Waals surface area contributed by atoms with E-state index in [0.717, 1.165) is 24.0 Å². The van der Waals surface area contributed by atoms with Crippen molar-refractivity contribution in [1.82, 2.24) is 9.36 Å². The molecule has 0 saturated carbocycles. The van der Waals surface area contributed by atoms with Gasteiger partial charge in [0, 0.05) is 23.6 Å². The fourth-order valence-electron chi connectivity index (χ4n) is 1.67. The summed E-state index contributed by atoms with van der Waals surface area (Å²) in [6, 6.07) is 0.376. The maximum atomic E-state index is 5.51. The number of hydrogen-bond donors (Lipinski definition) is 1. The van der Waals surface area contributed by atoms with Crippen LogP contribution in [0.5, 0.6) is 0 Å². The van der Waals surface area contributed by atoms with Gasteiger partial charge in [0.2, 0.25) is 5.13 Å². The molecule has 16 heavy (non-hydrogen) atoms. The van der Waals surface area contributed by atoms with Crippen LogP contribution in [0.15, 0.2) is 0 Å². The maximum Gasteiger partial charge on any atom is 0.202 e. The number of aromatic nitrogens is 2. The Kier molecular flexibility index (Phi) is 3.17. The van der Waals surface area contributed by atoms with Gasteiger partial charge < -0.3 is 10.1 Å². The average Bonchev–Trinajstić information content (AvgIpc) is 2.76. The van der Waals surface area contributed by atoms with Crippen LogP contribution in [0.4, 0.5) is 5.13 Å². The molecule has 0 spiro atoms. The fourth-order valence-corrected chi connectivity index (χ4v) is 2.49. The highest BCUT2D eigenvalue weighted by Crippen LogP contribution is 2.25. The maximum absolute atomic E-state index is 5.51. The van der Waals surface area contributed by atoms with Crippen molar-refractivity contribution in [1.29, 1.82) is 0 Å². The van der Waals surface area contributed by atoms with Crippen molar-refractivity contribution in [3.63, 3.8) is 0 Å². The van der Waals surface area contributed by atoms with E-state index in [1.807, 2.05) is 0 Å². The largest absolute Gasteiger partial charge is 0.376 e. The smallest absolute Gasteiger partial charge is 0.202 e. The second-order valence-electron chi connectivity index (χ2n) is 5.29. The van der Waals surface area contributed by atoms with Crippen LogP contribution in [0.3, 0.4) is 0 Å². The zero-order chi connectivity index (χ0) is 11.8. The number of anilines is 1. The lowest BCUT2D eigenvalue weighted by Gasteiger charge is -2.15. The molecule has 0 bridgehead atoms. The van der Waals surface area contributed by atoms with Gasteiger partial charge in [-0.3, -0.25) is 0 Å². The Morgan fingerprint density at radius 2 is 2.19 bits per heavy atom. The summed E-state index contributed by atoms with van der Waals surface area (Å²) in [7, 11) is 0. The van der Waals surface area contributed by atoms with E-state index in [-0.39, 0.29) is 11.5 Å². The summed E-state index contributed by atoms with van der Waals surface area (Å²) in [4.78, 5) is 4.52. The van der Waals surface area contributed by atoms with Crippen LogP contribution in [0.2, 0.25) is 0 Å². The topological polar surface area (TPSA) is 47.0 Å². The van der Waals surface area contributed by atoms with E-state index in [4.69, 9.17) is 4.74 Å². The van der Waals surface area contributed by atoms with Crippen molar-refractivity contribution in [2.45, 2.75) is 51.7 Å². The summed E-state index contributed by atoms with van der Waals surface area (Å²) < 4.78 is 9.89. The minimum absolute atomic E-state index is 0.0220. The summed E-state index contributed by atoms with van der Waals surface area (Å²) in [5.74, 6) is 0.909. The molecule has 2 heterocycles. The Morgan fingerprint density at radius 3 is 2.69 bits per heavy atom. The second-order valence-corrected chi connectivity index (χ2v) is 6.04. The van der Waals surface area contributed by atoms with Crippen LogP contribution in [0.25, 0.3) is 0 Å². The van der Waals surface area contributed by atoms with Crippen molar-refractivity contribution in [3.05, 3.63) is 5.82 Å². The van der Waals surface area contributed by atoms with Gasteiger partial charge >= 0.3 is 0 Å². The van der Waals surface area contributed by atoms with Crippen LogP contribution in [-0.2, 0) is 10.2 Å². The molecular weight excluding hydrogens is 222 g/mol. The van der Waals surface area contributed by atoms with E-state index in [0.29, 0.717) is 6.04 Å². The van der Waals surface area contributed by atoms with Crippen molar-refractivity contribution >= 4 is 16.7 Å². The SMILES string of the molecule is CC1OCCC1Nc1nc(C(C)(C)C)ns1. The van der Waals surface area contributed by atoms with Gasteiger partial charge in [0.25, 0.3) is 0 Å². The molecule has 0 aromatic carbocycles. The van der Waals surface area contributed by atoms with E-state index < -0.39 is 0 Å². The number of hydrogen-bond acceptors (Lipinski definition) is 5. The highest BCUT2D eigenvalue weighted by molar-refractivity contribution is 7.09. The third-order valence-electron chi connectivity index (χ3n) is 2.78. The number of ether oxygens (including phenoxy) is 1. The first-order valence-electron chi connectivity index (χ1n) is 5.69. The molecule has 1 aliphatic heterocycles. The lowest BCUT2D eigenvalue weighted by molar-refractivity contribution is 0.121. The molecule has 2 unspecified atom stereocenters. The van der Waals surface area contributed by atoms with Gasteiger partial charge in [-0.15, -0.1) is 0 Å². The molecule has 1 aromatic rings. The van der Waals surface area contributed by atoms with E-state index in [1.165, 1.54) is 11.5 Å². The molecule has 0 aliphatic carbocycles. The van der Waals surface area contributed by atoms with Crippen molar-refractivity contribution in [2.75, 3.05) is 11.9 Å². The van der Waals surface area contributed by atoms with E-state index >= 15 is 0 Å². The normalized spacial score (nSPS) is 26.0. The Morgan fingerprint density at radius 1 is 1.44 bits per heavy atom. The molecule has 4 nitrogen and oxygen atoms in total. The standard InChI is InChI=1S/C11H19N3OS/c1-7-8(5-6-15-7)12-10-13-9(14-16-10)11(2,3)4/h7-8H,5-6H2,1-4H3,(H,12,13,14). The van der Waals surface area contributed by atoms with Crippen LogP contribution in [0, 0.1) is 0 Å². The van der Waals surface area contributed by atoms with Gasteiger partial charge in [0.15, 0.2) is 0 Å². The molecule has 90 valence electrons. The van der Waals surface area contributed by atoms with Gasteiger partial charge in [-0.05, 0) is 13.3 Å². The summed E-state index contributed by atoms with van der Waals surface area (Å²) >= 11 is 1.44. The molecule has 2 atom stereocenters. The molecule has 1 aromatic heterocycles. The average molecular weight is 241 g/mol. The minimum atomic E-state index is 0.0220. The quantitative estimate of drug-likeness (QED) is 0.864. The third-order valence-corrected chi connectivity index (χ3v) is 3.43. The molecule has 1 fully saturated rings. The predicted molar refractivity (Wildman–Crippen MR) is 66.1 cm³/mol. The Labute approximate surface area is 101 Å². The molecular formula is C11H19N3OS. The monoisotopic (exact) mass is 241 g/mol. The molecule has 0 radical (unpaired) electrons. The number of nitrogens with one attached hydrogen (secondary N) is 1. The van der Waals surface area contributed by atoms with E-state index in [1.54, 1.807) is 0 Å². The van der Waals surface area contributed by atoms with Crippen molar-refractivity contribution < 1.29 is 4.74 Å². The van der Waals surface area contributed by atoms with Crippen LogP contribution < -0.4 is 5.32 Å². The molecule has 0 amide bonds. The fraction of sp³-hybridized carbons (Fsp3) is 0.818. The first kappa shape index (κ1) is 11.8. The van der Waals surface area contributed by atoms with Gasteiger partial charge in [0.1, 0.15) is 5.82 Å². The zero-order valence-electron chi connectivity index (χ0n) is 10.3. The molecule has 1 saturated heterocycles. The van der Waals surface area contributed by atoms with Crippen molar-refractivity contribution in [2.24, 2.45) is 0 Å². The highest BCUT2D eigenvalue weighted by atomic mass is 32.1. The summed E-state index contributed by atoms with van der Waals surface area (Å²) in [5, 5.41) is 4.31. The first-order valence-corrected chi connectivity index (χ1v) is 6.46. The Bertz CT molecular complexity index is 358. The molecule has 5 heteroatoms. The highest BCUT2D eigenvalue weighted by Gasteiger charge is 2.26. The minimum Gasteiger partial charge on any atom is -0.376 e. The molecule has 1 aliphatic rings. The zero-order valence-corrected chi connectivity index (χ0v) is 11.1. The Balaban J connectivity index is 2.03. The lowest BCUT2D eigenvalue weighted by Crippen LogP contribution is -2.26. The number of nitrogens with zero attached hydrogens (tertiary/aromatic N) is 2. The van der Waals surface area contributed by atoms with Gasteiger partial charge in [-0.1, -0.05) is 20.8 Å². The Hall–Kier alpha value is -0.680. The van der Waals surface area contributed by atoms with E-state index in [9.17, 15) is 0 Å².